The fourth-order valence-electron chi connectivity index (χ4n) is 1.18. The molecule has 4 nitrogen and oxygen atoms in total. The zero-order valence-electron chi connectivity index (χ0n) is 6.94. The first-order chi connectivity index (χ1) is 5.77. The molecule has 0 amide bonds. The number of hydrogen-bond acceptors (Lipinski definition) is 4. The molecule has 2 aromatic heterocycles. The van der Waals surface area contributed by atoms with Gasteiger partial charge in [-0.1, -0.05) is 0 Å². The van der Waals surface area contributed by atoms with Crippen LogP contribution in [0.1, 0.15) is 11.5 Å². The Morgan fingerprint density at radius 2 is 2.00 bits per heavy atom. The Labute approximate surface area is 69.7 Å². The van der Waals surface area contributed by atoms with Crippen LogP contribution < -0.4 is 0 Å². The summed E-state index contributed by atoms with van der Waals surface area (Å²) in [4.78, 5) is 16.4. The van der Waals surface area contributed by atoms with Crippen LogP contribution in [0.5, 0.6) is 0 Å². The Morgan fingerprint density at radius 3 is 2.83 bits per heavy atom. The van der Waals surface area contributed by atoms with Crippen LogP contribution in [0.15, 0.2) is 12.5 Å². The summed E-state index contributed by atoms with van der Waals surface area (Å²) in [7, 11) is 0. The zero-order valence-corrected chi connectivity index (χ0v) is 6.94. The highest BCUT2D eigenvalue weighted by Gasteiger charge is 2.01. The van der Waals surface area contributed by atoms with Crippen LogP contribution in [0.3, 0.4) is 0 Å². The number of aromatic nitrogens is 4. The molecule has 0 aliphatic heterocycles. The van der Waals surface area contributed by atoms with Gasteiger partial charge in [0.15, 0.2) is 0 Å². The molecule has 4 heteroatoms. The lowest BCUT2D eigenvalue weighted by molar-refractivity contribution is 1.03. The van der Waals surface area contributed by atoms with E-state index in [1.165, 1.54) is 6.33 Å². The van der Waals surface area contributed by atoms with Gasteiger partial charge >= 0.3 is 0 Å². The normalized spacial score (nSPS) is 10.5. The lowest BCUT2D eigenvalue weighted by atomic mass is 10.3. The van der Waals surface area contributed by atoms with E-state index in [4.69, 9.17) is 0 Å². The molecular formula is C8H8N4. The molecule has 60 valence electrons. The molecule has 2 heterocycles. The van der Waals surface area contributed by atoms with Crippen molar-refractivity contribution in [3.63, 3.8) is 0 Å². The molecule has 0 aromatic carbocycles. The Kier molecular flexibility index (Phi) is 1.46. The van der Waals surface area contributed by atoms with Crippen LogP contribution in [0.2, 0.25) is 0 Å². The van der Waals surface area contributed by atoms with Crippen molar-refractivity contribution in [2.24, 2.45) is 0 Å². The zero-order chi connectivity index (χ0) is 8.55. The van der Waals surface area contributed by atoms with Crippen LogP contribution in [0.25, 0.3) is 11.0 Å². The van der Waals surface area contributed by atoms with Gasteiger partial charge in [0.2, 0.25) is 0 Å². The standard InChI is InChI=1S/C8H8N4/c1-5-8-7(3-9-4-10-8)12-6(2)11-5/h3-4H,1-2H3. The first kappa shape index (κ1) is 7.09. The van der Waals surface area contributed by atoms with Crippen molar-refractivity contribution < 1.29 is 0 Å². The third-order valence-electron chi connectivity index (χ3n) is 1.65. The van der Waals surface area contributed by atoms with Crippen LogP contribution in [-0.2, 0) is 0 Å². The second-order valence-electron chi connectivity index (χ2n) is 2.61. The molecule has 12 heavy (non-hydrogen) atoms. The molecule has 0 aliphatic carbocycles. The summed E-state index contributed by atoms with van der Waals surface area (Å²) in [5, 5.41) is 0. The van der Waals surface area contributed by atoms with E-state index in [2.05, 4.69) is 19.9 Å². The SMILES string of the molecule is Cc1nc(C)c2ncncc2n1. The predicted octanol–water partition coefficient (Wildman–Crippen LogP) is 1.04. The maximum Gasteiger partial charge on any atom is 0.126 e. The van der Waals surface area contributed by atoms with Crippen LogP contribution in [0.4, 0.5) is 0 Å². The maximum atomic E-state index is 4.20. The van der Waals surface area contributed by atoms with Crippen molar-refractivity contribution in [1.82, 2.24) is 19.9 Å². The van der Waals surface area contributed by atoms with Crippen LogP contribution >= 0.6 is 0 Å². The lowest BCUT2D eigenvalue weighted by Crippen LogP contribution is -1.95. The number of rotatable bonds is 0. The van der Waals surface area contributed by atoms with Gasteiger partial charge in [-0.05, 0) is 13.8 Å². The molecule has 0 bridgehead atoms. The smallest absolute Gasteiger partial charge is 0.126 e. The van der Waals surface area contributed by atoms with Crippen molar-refractivity contribution in [2.45, 2.75) is 13.8 Å². The van der Waals surface area contributed by atoms with Gasteiger partial charge < -0.3 is 0 Å². The second-order valence-corrected chi connectivity index (χ2v) is 2.61. The first-order valence-corrected chi connectivity index (χ1v) is 3.68. The summed E-state index contributed by atoms with van der Waals surface area (Å²) in [5.41, 5.74) is 2.54. The van der Waals surface area contributed by atoms with Gasteiger partial charge in [-0.2, -0.15) is 0 Å². The molecule has 0 aliphatic rings. The molecule has 0 saturated heterocycles. The fraction of sp³-hybridized carbons (Fsp3) is 0.250. The molecule has 0 unspecified atom stereocenters. The molecule has 0 radical (unpaired) electrons. The van der Waals surface area contributed by atoms with E-state index in [0.717, 1.165) is 22.6 Å². The largest absolute Gasteiger partial charge is 0.243 e. The highest BCUT2D eigenvalue weighted by Crippen LogP contribution is 2.09. The Morgan fingerprint density at radius 1 is 1.17 bits per heavy atom. The lowest BCUT2D eigenvalue weighted by Gasteiger charge is -1.99. The Bertz CT molecular complexity index is 424. The van der Waals surface area contributed by atoms with Crippen LogP contribution in [-0.4, -0.2) is 19.9 Å². The number of fused-ring (bicyclic) bond motifs is 1. The minimum Gasteiger partial charge on any atom is -0.243 e. The molecule has 0 spiro atoms. The topological polar surface area (TPSA) is 51.6 Å². The van der Waals surface area contributed by atoms with Crippen molar-refractivity contribution in [3.05, 3.63) is 24.0 Å². The predicted molar refractivity (Wildman–Crippen MR) is 44.6 cm³/mol. The molecule has 2 rings (SSSR count). The first-order valence-electron chi connectivity index (χ1n) is 3.68. The number of nitrogens with zero attached hydrogens (tertiary/aromatic N) is 4. The quantitative estimate of drug-likeness (QED) is 0.577. The maximum absolute atomic E-state index is 4.20. The van der Waals surface area contributed by atoms with Gasteiger partial charge in [0.25, 0.3) is 0 Å². The van der Waals surface area contributed by atoms with E-state index in [0.29, 0.717) is 0 Å². The summed E-state index contributed by atoms with van der Waals surface area (Å²) in [6.45, 7) is 3.78. The van der Waals surface area contributed by atoms with Crippen LogP contribution in [0, 0.1) is 13.8 Å². The Hall–Kier alpha value is -1.58. The van der Waals surface area contributed by atoms with Crippen molar-refractivity contribution in [2.75, 3.05) is 0 Å². The summed E-state index contributed by atoms with van der Waals surface area (Å²) in [6, 6.07) is 0. The highest BCUT2D eigenvalue weighted by atomic mass is 14.9. The van der Waals surface area contributed by atoms with Gasteiger partial charge in [0.05, 0.1) is 11.9 Å². The van der Waals surface area contributed by atoms with Crippen molar-refractivity contribution >= 4 is 11.0 Å². The number of hydrogen-bond donors (Lipinski definition) is 0. The van der Waals surface area contributed by atoms with Gasteiger partial charge in [0.1, 0.15) is 23.2 Å². The fourth-order valence-corrected chi connectivity index (χ4v) is 1.18. The molecule has 0 N–H and O–H groups in total. The van der Waals surface area contributed by atoms with Crippen molar-refractivity contribution in [3.8, 4) is 0 Å². The molecule has 0 atom stereocenters. The summed E-state index contributed by atoms with van der Waals surface area (Å²) in [5.74, 6) is 0.759. The number of aryl methyl sites for hydroxylation is 2. The monoisotopic (exact) mass is 160 g/mol. The molecular weight excluding hydrogens is 152 g/mol. The van der Waals surface area contributed by atoms with Gasteiger partial charge in [-0.15, -0.1) is 0 Å². The van der Waals surface area contributed by atoms with Crippen molar-refractivity contribution in [1.29, 1.82) is 0 Å². The Balaban J connectivity index is 2.89. The summed E-state index contributed by atoms with van der Waals surface area (Å²) >= 11 is 0. The minimum absolute atomic E-state index is 0.759. The summed E-state index contributed by atoms with van der Waals surface area (Å²) < 4.78 is 0. The van der Waals surface area contributed by atoms with E-state index < -0.39 is 0 Å². The van der Waals surface area contributed by atoms with E-state index in [1.54, 1.807) is 6.20 Å². The minimum atomic E-state index is 0.759. The van der Waals surface area contributed by atoms with E-state index in [9.17, 15) is 0 Å². The second kappa shape index (κ2) is 2.48. The molecule has 0 saturated carbocycles. The highest BCUT2D eigenvalue weighted by molar-refractivity contribution is 5.74. The van der Waals surface area contributed by atoms with Gasteiger partial charge in [-0.25, -0.2) is 19.9 Å². The van der Waals surface area contributed by atoms with Gasteiger partial charge in [-0.3, -0.25) is 0 Å². The van der Waals surface area contributed by atoms with Gasteiger partial charge in [0, 0.05) is 0 Å². The molecule has 0 fully saturated rings. The average Bonchev–Trinajstić information content (AvgIpc) is 2.04. The molecule has 2 aromatic rings. The van der Waals surface area contributed by atoms with E-state index in [-0.39, 0.29) is 0 Å². The van der Waals surface area contributed by atoms with E-state index in [1.807, 2.05) is 13.8 Å². The van der Waals surface area contributed by atoms with E-state index >= 15 is 0 Å². The average molecular weight is 160 g/mol. The summed E-state index contributed by atoms with van der Waals surface area (Å²) in [6.07, 6.45) is 3.21. The third-order valence-corrected chi connectivity index (χ3v) is 1.65. The third kappa shape index (κ3) is 1.01.